The number of thiazole rings is 1. The van der Waals surface area contributed by atoms with Crippen LogP contribution in [-0.2, 0) is 6.42 Å². The Morgan fingerprint density at radius 1 is 1.41 bits per heavy atom. The van der Waals surface area contributed by atoms with Crippen LogP contribution in [0.2, 0.25) is 0 Å². The average Bonchev–Trinajstić information content (AvgIpc) is 2.79. The Hall–Kier alpha value is -1.59. The van der Waals surface area contributed by atoms with Crippen molar-refractivity contribution in [2.24, 2.45) is 0 Å². The van der Waals surface area contributed by atoms with Crippen molar-refractivity contribution in [1.82, 2.24) is 4.98 Å². The number of benzene rings is 1. The molecule has 0 amide bonds. The number of aromatic hydroxyl groups is 1. The number of rotatable bonds is 4. The van der Waals surface area contributed by atoms with E-state index in [2.05, 4.69) is 4.98 Å². The lowest BCUT2D eigenvalue weighted by molar-refractivity contribution is 0.298. The third kappa shape index (κ3) is 2.57. The van der Waals surface area contributed by atoms with Gasteiger partial charge in [0.05, 0.1) is 12.8 Å². The Kier molecular flexibility index (Phi) is 3.61. The summed E-state index contributed by atoms with van der Waals surface area (Å²) in [6.07, 6.45) is 0.561. The molecule has 1 aromatic heterocycles. The second-order valence-corrected chi connectivity index (χ2v) is 4.36. The summed E-state index contributed by atoms with van der Waals surface area (Å²) in [5, 5.41) is 21.1. The number of aromatic nitrogens is 1. The monoisotopic (exact) mass is 251 g/mol. The van der Waals surface area contributed by atoms with Crippen molar-refractivity contribution in [3.05, 3.63) is 29.3 Å². The van der Waals surface area contributed by atoms with Gasteiger partial charge in [0.25, 0.3) is 0 Å². The van der Waals surface area contributed by atoms with Crippen molar-refractivity contribution in [1.29, 1.82) is 0 Å². The van der Waals surface area contributed by atoms with E-state index < -0.39 is 0 Å². The molecule has 0 aliphatic heterocycles. The van der Waals surface area contributed by atoms with Crippen molar-refractivity contribution in [2.75, 3.05) is 13.7 Å². The molecule has 2 rings (SSSR count). The van der Waals surface area contributed by atoms with Crippen LogP contribution in [0.3, 0.4) is 0 Å². The van der Waals surface area contributed by atoms with E-state index in [1.807, 2.05) is 5.38 Å². The maximum Gasteiger partial charge on any atom is 0.161 e. The van der Waals surface area contributed by atoms with Crippen LogP contribution in [0.15, 0.2) is 23.6 Å². The number of nitrogens with zero attached hydrogens (tertiary/aromatic N) is 1. The summed E-state index contributed by atoms with van der Waals surface area (Å²) in [5.74, 6) is 0.546. The summed E-state index contributed by atoms with van der Waals surface area (Å²) < 4.78 is 5.05. The summed E-state index contributed by atoms with van der Waals surface area (Å²) >= 11 is 1.51. The molecule has 0 bridgehead atoms. The predicted octanol–water partition coefficient (Wildman–Crippen LogP) is 2.06. The Morgan fingerprint density at radius 2 is 2.24 bits per heavy atom. The molecular formula is C12H13NO3S. The number of hydrogen-bond acceptors (Lipinski definition) is 5. The first-order valence-corrected chi connectivity index (χ1v) is 6.05. The van der Waals surface area contributed by atoms with Gasteiger partial charge in [0.15, 0.2) is 11.5 Å². The second-order valence-electron chi connectivity index (χ2n) is 3.50. The number of methoxy groups -OCH3 is 1. The van der Waals surface area contributed by atoms with Crippen molar-refractivity contribution >= 4 is 11.3 Å². The van der Waals surface area contributed by atoms with Crippen molar-refractivity contribution in [3.63, 3.8) is 0 Å². The molecule has 0 fully saturated rings. The van der Waals surface area contributed by atoms with Gasteiger partial charge in [-0.1, -0.05) is 0 Å². The van der Waals surface area contributed by atoms with E-state index in [-0.39, 0.29) is 12.4 Å². The van der Waals surface area contributed by atoms with Gasteiger partial charge in [0.2, 0.25) is 0 Å². The van der Waals surface area contributed by atoms with E-state index >= 15 is 0 Å². The molecule has 0 atom stereocenters. The van der Waals surface area contributed by atoms with Gasteiger partial charge in [-0.3, -0.25) is 0 Å². The van der Waals surface area contributed by atoms with Crippen molar-refractivity contribution < 1.29 is 14.9 Å². The molecule has 90 valence electrons. The second kappa shape index (κ2) is 5.16. The lowest BCUT2D eigenvalue weighted by atomic mass is 10.2. The van der Waals surface area contributed by atoms with Gasteiger partial charge in [0, 0.05) is 24.0 Å². The summed E-state index contributed by atoms with van der Waals surface area (Å²) in [6, 6.07) is 5.12. The van der Waals surface area contributed by atoms with Crippen LogP contribution in [0.4, 0.5) is 0 Å². The highest BCUT2D eigenvalue weighted by Gasteiger charge is 2.08. The molecule has 2 aromatic rings. The molecule has 0 aliphatic carbocycles. The zero-order valence-electron chi connectivity index (χ0n) is 9.38. The molecule has 0 unspecified atom stereocenters. The van der Waals surface area contributed by atoms with Gasteiger partial charge in [0.1, 0.15) is 5.01 Å². The molecule has 0 spiro atoms. The van der Waals surface area contributed by atoms with E-state index in [4.69, 9.17) is 9.84 Å². The molecule has 2 N–H and O–H groups in total. The minimum absolute atomic E-state index is 0.0993. The summed E-state index contributed by atoms with van der Waals surface area (Å²) in [4.78, 5) is 4.40. The Morgan fingerprint density at radius 3 is 2.94 bits per heavy atom. The third-order valence-corrected chi connectivity index (χ3v) is 3.29. The molecule has 0 saturated heterocycles. The Labute approximate surface area is 103 Å². The molecular weight excluding hydrogens is 238 g/mol. The maximum atomic E-state index is 9.50. The number of phenols is 1. The van der Waals surface area contributed by atoms with Crippen molar-refractivity contribution in [3.8, 4) is 22.1 Å². The number of ether oxygens (including phenoxy) is 1. The highest BCUT2D eigenvalue weighted by Crippen LogP contribution is 2.32. The number of aliphatic hydroxyl groups excluding tert-OH is 1. The van der Waals surface area contributed by atoms with Crippen LogP contribution < -0.4 is 4.74 Å². The summed E-state index contributed by atoms with van der Waals surface area (Å²) in [7, 11) is 1.51. The predicted molar refractivity (Wildman–Crippen MR) is 66.6 cm³/mol. The molecule has 0 aliphatic rings. The largest absolute Gasteiger partial charge is 0.504 e. The van der Waals surface area contributed by atoms with E-state index in [0.29, 0.717) is 12.2 Å². The van der Waals surface area contributed by atoms with Crippen LogP contribution in [0.1, 0.15) is 5.69 Å². The van der Waals surface area contributed by atoms with Crippen LogP contribution in [0.5, 0.6) is 11.5 Å². The van der Waals surface area contributed by atoms with Crippen LogP contribution in [0, 0.1) is 0 Å². The first-order chi connectivity index (χ1) is 8.24. The van der Waals surface area contributed by atoms with Gasteiger partial charge in [-0.25, -0.2) is 4.98 Å². The zero-order valence-corrected chi connectivity index (χ0v) is 10.2. The highest BCUT2D eigenvalue weighted by atomic mass is 32.1. The number of aliphatic hydroxyl groups is 1. The summed E-state index contributed by atoms with van der Waals surface area (Å²) in [5.41, 5.74) is 1.77. The molecule has 1 heterocycles. The molecule has 5 heteroatoms. The molecule has 0 saturated carbocycles. The molecule has 0 radical (unpaired) electrons. The minimum atomic E-state index is 0.0993. The highest BCUT2D eigenvalue weighted by molar-refractivity contribution is 7.13. The quantitative estimate of drug-likeness (QED) is 0.873. The fourth-order valence-corrected chi connectivity index (χ4v) is 2.33. The fraction of sp³-hybridized carbons (Fsp3) is 0.250. The Bertz CT molecular complexity index is 510. The van der Waals surface area contributed by atoms with Crippen molar-refractivity contribution in [2.45, 2.75) is 6.42 Å². The van der Waals surface area contributed by atoms with Crippen LogP contribution in [0.25, 0.3) is 10.6 Å². The lowest BCUT2D eigenvalue weighted by Gasteiger charge is -2.04. The molecule has 1 aromatic carbocycles. The van der Waals surface area contributed by atoms with E-state index in [0.717, 1.165) is 16.3 Å². The van der Waals surface area contributed by atoms with E-state index in [1.165, 1.54) is 18.4 Å². The first kappa shape index (κ1) is 11.9. The summed E-state index contributed by atoms with van der Waals surface area (Å²) in [6.45, 7) is 0.0993. The first-order valence-electron chi connectivity index (χ1n) is 5.17. The molecule has 17 heavy (non-hydrogen) atoms. The smallest absolute Gasteiger partial charge is 0.161 e. The fourth-order valence-electron chi connectivity index (χ4n) is 1.48. The number of hydrogen-bond donors (Lipinski definition) is 2. The van der Waals surface area contributed by atoms with E-state index in [1.54, 1.807) is 18.2 Å². The normalized spacial score (nSPS) is 10.5. The van der Waals surface area contributed by atoms with Gasteiger partial charge >= 0.3 is 0 Å². The molecule has 4 nitrogen and oxygen atoms in total. The van der Waals surface area contributed by atoms with Gasteiger partial charge < -0.3 is 14.9 Å². The zero-order chi connectivity index (χ0) is 12.3. The third-order valence-electron chi connectivity index (χ3n) is 2.35. The minimum Gasteiger partial charge on any atom is -0.504 e. The topological polar surface area (TPSA) is 62.6 Å². The lowest BCUT2D eigenvalue weighted by Crippen LogP contribution is -1.90. The Balaban J connectivity index is 2.32. The SMILES string of the molecule is COc1cc(-c2nc(CCO)cs2)ccc1O. The standard InChI is InChI=1S/C12H13NO3S/c1-16-11-6-8(2-3-10(11)15)12-13-9(4-5-14)7-17-12/h2-3,6-7,14-15H,4-5H2,1H3. The van der Waals surface area contributed by atoms with Gasteiger partial charge in [-0.2, -0.15) is 0 Å². The van der Waals surface area contributed by atoms with E-state index in [9.17, 15) is 5.11 Å². The number of phenolic OH excluding ortho intramolecular Hbond substituents is 1. The van der Waals surface area contributed by atoms with Crippen LogP contribution in [-0.4, -0.2) is 28.9 Å². The van der Waals surface area contributed by atoms with Gasteiger partial charge in [-0.15, -0.1) is 11.3 Å². The average molecular weight is 251 g/mol. The van der Waals surface area contributed by atoms with Gasteiger partial charge in [-0.05, 0) is 18.2 Å². The van der Waals surface area contributed by atoms with Crippen LogP contribution >= 0.6 is 11.3 Å². The maximum absolute atomic E-state index is 9.50.